The summed E-state index contributed by atoms with van der Waals surface area (Å²) in [5.41, 5.74) is 1.46. The van der Waals surface area contributed by atoms with Crippen LogP contribution in [-0.2, 0) is 4.79 Å². The Bertz CT molecular complexity index is 851. The van der Waals surface area contributed by atoms with E-state index in [0.29, 0.717) is 23.6 Å². The molecule has 1 heterocycles. The van der Waals surface area contributed by atoms with Crippen LogP contribution in [-0.4, -0.2) is 44.2 Å². The number of halogens is 2. The van der Waals surface area contributed by atoms with Crippen LogP contribution in [0.25, 0.3) is 0 Å². The molecule has 1 unspecified atom stereocenters. The lowest BCUT2D eigenvalue weighted by Gasteiger charge is -2.12. The molecule has 0 spiro atoms. The Labute approximate surface area is 150 Å². The van der Waals surface area contributed by atoms with E-state index in [1.807, 2.05) is 19.0 Å². The molecule has 136 valence electrons. The summed E-state index contributed by atoms with van der Waals surface area (Å²) in [6.45, 7) is 1.39. The SMILES string of the molecule is CN(C)CCNc1ccc(N=CC2C(=O)Nc3cccc(F)c32)cc1F. The summed E-state index contributed by atoms with van der Waals surface area (Å²) in [5.74, 6) is -2.08. The molecule has 0 radical (unpaired) electrons. The molecule has 2 aromatic carbocycles. The highest BCUT2D eigenvalue weighted by Gasteiger charge is 2.31. The fourth-order valence-corrected chi connectivity index (χ4v) is 2.75. The number of benzene rings is 2. The number of rotatable bonds is 6. The summed E-state index contributed by atoms with van der Waals surface area (Å²) in [5, 5.41) is 5.63. The van der Waals surface area contributed by atoms with Gasteiger partial charge in [0, 0.05) is 36.6 Å². The number of fused-ring (bicyclic) bond motifs is 1. The smallest absolute Gasteiger partial charge is 0.237 e. The van der Waals surface area contributed by atoms with E-state index in [0.717, 1.165) is 6.54 Å². The summed E-state index contributed by atoms with van der Waals surface area (Å²) >= 11 is 0. The number of amides is 1. The molecular weight excluding hydrogens is 338 g/mol. The van der Waals surface area contributed by atoms with Crippen LogP contribution >= 0.6 is 0 Å². The molecule has 5 nitrogen and oxygen atoms in total. The number of hydrogen-bond donors (Lipinski definition) is 2. The third-order valence-electron chi connectivity index (χ3n) is 4.10. The Morgan fingerprint density at radius 1 is 1.23 bits per heavy atom. The lowest BCUT2D eigenvalue weighted by Crippen LogP contribution is -2.21. The fraction of sp³-hybridized carbons (Fsp3) is 0.263. The van der Waals surface area contributed by atoms with Crippen molar-refractivity contribution in [3.05, 3.63) is 53.6 Å². The monoisotopic (exact) mass is 358 g/mol. The molecule has 1 aliphatic heterocycles. The van der Waals surface area contributed by atoms with Crippen LogP contribution in [0, 0.1) is 11.6 Å². The van der Waals surface area contributed by atoms with Gasteiger partial charge in [-0.2, -0.15) is 0 Å². The van der Waals surface area contributed by atoms with Crippen LogP contribution in [0.1, 0.15) is 11.5 Å². The number of likely N-dealkylation sites (N-methyl/N-ethyl adjacent to an activating group) is 1. The third kappa shape index (κ3) is 3.88. The molecule has 1 amide bonds. The second-order valence-corrected chi connectivity index (χ2v) is 6.34. The quantitative estimate of drug-likeness (QED) is 0.779. The van der Waals surface area contributed by atoms with Gasteiger partial charge >= 0.3 is 0 Å². The highest BCUT2D eigenvalue weighted by molar-refractivity contribution is 6.12. The first-order valence-electron chi connectivity index (χ1n) is 8.27. The Balaban J connectivity index is 1.74. The molecule has 0 aliphatic carbocycles. The van der Waals surface area contributed by atoms with E-state index in [4.69, 9.17) is 0 Å². The van der Waals surface area contributed by atoms with Gasteiger partial charge in [0.25, 0.3) is 0 Å². The van der Waals surface area contributed by atoms with Crippen LogP contribution in [0.4, 0.5) is 25.8 Å². The third-order valence-corrected chi connectivity index (χ3v) is 4.10. The van der Waals surface area contributed by atoms with Crippen LogP contribution in [0.5, 0.6) is 0 Å². The largest absolute Gasteiger partial charge is 0.381 e. The van der Waals surface area contributed by atoms with Crippen molar-refractivity contribution in [2.45, 2.75) is 5.92 Å². The van der Waals surface area contributed by atoms with Crippen LogP contribution in [0.15, 0.2) is 41.4 Å². The Morgan fingerprint density at radius 3 is 2.77 bits per heavy atom. The average Bonchev–Trinajstić information content (AvgIpc) is 2.91. The summed E-state index contributed by atoms with van der Waals surface area (Å²) < 4.78 is 28.2. The molecule has 1 aliphatic rings. The first-order valence-corrected chi connectivity index (χ1v) is 8.27. The van der Waals surface area contributed by atoms with Gasteiger partial charge in [0.15, 0.2) is 0 Å². The molecule has 0 saturated carbocycles. The van der Waals surface area contributed by atoms with E-state index < -0.39 is 17.6 Å². The molecule has 2 aromatic rings. The summed E-state index contributed by atoms with van der Waals surface area (Å²) in [6.07, 6.45) is 1.35. The van der Waals surface area contributed by atoms with Crippen molar-refractivity contribution in [1.82, 2.24) is 4.90 Å². The maximum absolute atomic E-state index is 14.2. The van der Waals surface area contributed by atoms with E-state index in [1.54, 1.807) is 18.2 Å². The van der Waals surface area contributed by atoms with E-state index >= 15 is 0 Å². The summed E-state index contributed by atoms with van der Waals surface area (Å²) in [6, 6.07) is 8.99. The zero-order chi connectivity index (χ0) is 18.7. The summed E-state index contributed by atoms with van der Waals surface area (Å²) in [7, 11) is 3.88. The standard InChI is InChI=1S/C19H20F2N4O/c1-25(2)9-8-22-16-7-6-12(10-15(16)21)23-11-13-18-14(20)4-3-5-17(18)24-19(13)26/h3-7,10-11,13,22H,8-9H2,1-2H3,(H,24,26). The predicted molar refractivity (Wildman–Crippen MR) is 99.4 cm³/mol. The summed E-state index contributed by atoms with van der Waals surface area (Å²) in [4.78, 5) is 18.2. The highest BCUT2D eigenvalue weighted by atomic mass is 19.1. The molecule has 0 aromatic heterocycles. The van der Waals surface area contributed by atoms with Gasteiger partial charge in [0.05, 0.1) is 11.4 Å². The zero-order valence-corrected chi connectivity index (χ0v) is 14.6. The Morgan fingerprint density at radius 2 is 2.04 bits per heavy atom. The molecule has 26 heavy (non-hydrogen) atoms. The topological polar surface area (TPSA) is 56.7 Å². The van der Waals surface area contributed by atoms with Gasteiger partial charge in [0.2, 0.25) is 5.91 Å². The second-order valence-electron chi connectivity index (χ2n) is 6.34. The molecule has 3 rings (SSSR count). The molecule has 0 saturated heterocycles. The van der Waals surface area contributed by atoms with Crippen LogP contribution < -0.4 is 10.6 Å². The molecule has 1 atom stereocenters. The van der Waals surface area contributed by atoms with Crippen LogP contribution in [0.2, 0.25) is 0 Å². The minimum absolute atomic E-state index is 0.267. The second kappa shape index (κ2) is 7.61. The van der Waals surface area contributed by atoms with Crippen LogP contribution in [0.3, 0.4) is 0 Å². The van der Waals surface area contributed by atoms with Gasteiger partial charge in [-0.15, -0.1) is 0 Å². The molecule has 7 heteroatoms. The first kappa shape index (κ1) is 18.0. The van der Waals surface area contributed by atoms with Gasteiger partial charge in [-0.25, -0.2) is 8.78 Å². The van der Waals surface area contributed by atoms with Crippen molar-refractivity contribution in [1.29, 1.82) is 0 Å². The van der Waals surface area contributed by atoms with Gasteiger partial charge in [-0.05, 0) is 38.4 Å². The Kier molecular flexibility index (Phi) is 5.27. The first-order chi connectivity index (χ1) is 12.5. The minimum atomic E-state index is -0.827. The zero-order valence-electron chi connectivity index (χ0n) is 14.6. The predicted octanol–water partition coefficient (Wildman–Crippen LogP) is 3.38. The van der Waals surface area contributed by atoms with Crippen molar-refractivity contribution in [3.63, 3.8) is 0 Å². The minimum Gasteiger partial charge on any atom is -0.381 e. The average molecular weight is 358 g/mol. The molecular formula is C19H20F2N4O. The normalized spacial score (nSPS) is 16.2. The van der Waals surface area contributed by atoms with Gasteiger partial charge < -0.3 is 15.5 Å². The van der Waals surface area contributed by atoms with Crippen molar-refractivity contribution in [2.24, 2.45) is 4.99 Å². The number of carbonyl (C=O) groups is 1. The van der Waals surface area contributed by atoms with Crippen molar-refractivity contribution < 1.29 is 13.6 Å². The van der Waals surface area contributed by atoms with Crippen molar-refractivity contribution in [2.75, 3.05) is 37.8 Å². The Hall–Kier alpha value is -2.80. The number of nitrogens with one attached hydrogen (secondary N) is 2. The maximum Gasteiger partial charge on any atom is 0.237 e. The lowest BCUT2D eigenvalue weighted by molar-refractivity contribution is -0.115. The van der Waals surface area contributed by atoms with Gasteiger partial charge in [-0.1, -0.05) is 6.07 Å². The van der Waals surface area contributed by atoms with Gasteiger partial charge in [-0.3, -0.25) is 9.79 Å². The maximum atomic E-state index is 14.2. The van der Waals surface area contributed by atoms with Crippen molar-refractivity contribution >= 4 is 29.2 Å². The van der Waals surface area contributed by atoms with E-state index in [-0.39, 0.29) is 11.5 Å². The molecule has 0 fully saturated rings. The number of nitrogens with zero attached hydrogens (tertiary/aromatic N) is 2. The number of anilines is 2. The number of hydrogen-bond acceptors (Lipinski definition) is 4. The molecule has 2 N–H and O–H groups in total. The van der Waals surface area contributed by atoms with E-state index in [1.165, 1.54) is 24.4 Å². The highest BCUT2D eigenvalue weighted by Crippen LogP contribution is 2.34. The lowest BCUT2D eigenvalue weighted by atomic mass is 10.0. The number of carbonyl (C=O) groups excluding carboxylic acids is 1. The fourth-order valence-electron chi connectivity index (χ4n) is 2.75. The van der Waals surface area contributed by atoms with E-state index in [2.05, 4.69) is 15.6 Å². The van der Waals surface area contributed by atoms with Crippen molar-refractivity contribution in [3.8, 4) is 0 Å². The molecule has 0 bridgehead atoms. The van der Waals surface area contributed by atoms with E-state index in [9.17, 15) is 13.6 Å². The number of aliphatic imine (C=N–C) groups is 1. The van der Waals surface area contributed by atoms with Gasteiger partial charge in [0.1, 0.15) is 17.6 Å².